The first kappa shape index (κ1) is 12.2. The molecule has 1 rings (SSSR count). The van der Waals surface area contributed by atoms with Gasteiger partial charge in [0.15, 0.2) is 0 Å². The molecule has 15 heavy (non-hydrogen) atoms. The van der Waals surface area contributed by atoms with Gasteiger partial charge in [0.05, 0.1) is 0 Å². The highest BCUT2D eigenvalue weighted by Crippen LogP contribution is 2.08. The maximum absolute atomic E-state index is 11.3. The summed E-state index contributed by atoms with van der Waals surface area (Å²) < 4.78 is 0. The van der Waals surface area contributed by atoms with Crippen molar-refractivity contribution in [3.63, 3.8) is 0 Å². The molecule has 1 atom stereocenters. The van der Waals surface area contributed by atoms with Gasteiger partial charge < -0.3 is 11.1 Å². The summed E-state index contributed by atoms with van der Waals surface area (Å²) in [6.45, 7) is 2.64. The number of carbonyl (C=O) groups is 1. The molecule has 1 amide bonds. The fourth-order valence-corrected chi connectivity index (χ4v) is 1.94. The van der Waals surface area contributed by atoms with Crippen LogP contribution in [0.3, 0.4) is 0 Å². The van der Waals surface area contributed by atoms with E-state index in [4.69, 9.17) is 5.73 Å². The van der Waals surface area contributed by atoms with E-state index in [0.29, 0.717) is 6.42 Å². The van der Waals surface area contributed by atoms with Crippen molar-refractivity contribution in [1.29, 1.82) is 0 Å². The van der Waals surface area contributed by atoms with Gasteiger partial charge in [-0.1, -0.05) is 6.07 Å². The highest BCUT2D eigenvalue weighted by Gasteiger charge is 2.02. The van der Waals surface area contributed by atoms with E-state index in [9.17, 15) is 4.79 Å². The lowest BCUT2D eigenvalue weighted by molar-refractivity contribution is -0.121. The summed E-state index contributed by atoms with van der Waals surface area (Å²) in [7, 11) is 0. The van der Waals surface area contributed by atoms with E-state index in [1.807, 2.05) is 18.4 Å². The van der Waals surface area contributed by atoms with Gasteiger partial charge in [-0.25, -0.2) is 0 Å². The Morgan fingerprint density at radius 2 is 2.47 bits per heavy atom. The van der Waals surface area contributed by atoms with Crippen LogP contribution >= 0.6 is 11.3 Å². The van der Waals surface area contributed by atoms with E-state index in [2.05, 4.69) is 11.4 Å². The van der Waals surface area contributed by atoms with Crippen LogP contribution in [0.15, 0.2) is 17.5 Å². The topological polar surface area (TPSA) is 55.1 Å². The van der Waals surface area contributed by atoms with Gasteiger partial charge in [-0.05, 0) is 31.2 Å². The number of nitrogens with two attached hydrogens (primary N) is 1. The first-order valence-corrected chi connectivity index (χ1v) is 6.11. The summed E-state index contributed by atoms with van der Waals surface area (Å²) >= 11 is 1.72. The molecule has 0 fully saturated rings. The second-order valence-electron chi connectivity index (χ2n) is 3.70. The molecule has 0 radical (unpaired) electrons. The molecule has 1 unspecified atom stereocenters. The van der Waals surface area contributed by atoms with Crippen LogP contribution in [0.1, 0.15) is 24.6 Å². The summed E-state index contributed by atoms with van der Waals surface area (Å²) in [5.74, 6) is 0.101. The van der Waals surface area contributed by atoms with Crippen LogP contribution in [0.2, 0.25) is 0 Å². The van der Waals surface area contributed by atoms with Crippen LogP contribution in [-0.2, 0) is 11.2 Å². The van der Waals surface area contributed by atoms with Gasteiger partial charge >= 0.3 is 0 Å². The minimum absolute atomic E-state index is 0.101. The van der Waals surface area contributed by atoms with Crippen molar-refractivity contribution in [3.8, 4) is 0 Å². The van der Waals surface area contributed by atoms with Crippen molar-refractivity contribution in [2.75, 3.05) is 6.54 Å². The molecule has 1 heterocycles. The molecule has 4 heteroatoms. The standard InChI is InChI=1S/C11H18N2OS/c1-9(12)4-5-11(14)13-7-6-10-3-2-8-15-10/h2-3,8-9H,4-7,12H2,1H3,(H,13,14). The van der Waals surface area contributed by atoms with Crippen LogP contribution in [0.25, 0.3) is 0 Å². The number of rotatable bonds is 6. The third-order valence-electron chi connectivity index (χ3n) is 2.10. The Morgan fingerprint density at radius 3 is 3.07 bits per heavy atom. The Bertz CT molecular complexity index is 283. The van der Waals surface area contributed by atoms with E-state index in [0.717, 1.165) is 19.4 Å². The predicted molar refractivity (Wildman–Crippen MR) is 63.9 cm³/mol. The molecular formula is C11H18N2OS. The maximum Gasteiger partial charge on any atom is 0.220 e. The number of carbonyl (C=O) groups excluding carboxylic acids is 1. The molecule has 0 aliphatic heterocycles. The molecular weight excluding hydrogens is 208 g/mol. The first-order chi connectivity index (χ1) is 7.18. The highest BCUT2D eigenvalue weighted by molar-refractivity contribution is 7.09. The van der Waals surface area contributed by atoms with Crippen LogP contribution in [0.4, 0.5) is 0 Å². The molecule has 0 aliphatic rings. The Kier molecular flexibility index (Phi) is 5.36. The van der Waals surface area contributed by atoms with Gasteiger partial charge in [-0.3, -0.25) is 4.79 Å². The van der Waals surface area contributed by atoms with E-state index in [1.165, 1.54) is 4.88 Å². The molecule has 3 N–H and O–H groups in total. The summed E-state index contributed by atoms with van der Waals surface area (Å²) in [6, 6.07) is 4.21. The molecule has 84 valence electrons. The van der Waals surface area contributed by atoms with Crippen molar-refractivity contribution in [2.24, 2.45) is 5.73 Å². The third kappa shape index (κ3) is 5.54. The monoisotopic (exact) mass is 226 g/mol. The summed E-state index contributed by atoms with van der Waals surface area (Å²) in [4.78, 5) is 12.6. The van der Waals surface area contributed by atoms with E-state index >= 15 is 0 Å². The van der Waals surface area contributed by atoms with Crippen molar-refractivity contribution in [1.82, 2.24) is 5.32 Å². The molecule has 1 aromatic heterocycles. The second kappa shape index (κ2) is 6.58. The number of amides is 1. The van der Waals surface area contributed by atoms with E-state index in [-0.39, 0.29) is 11.9 Å². The zero-order valence-corrected chi connectivity index (χ0v) is 9.85. The Balaban J connectivity index is 2.07. The smallest absolute Gasteiger partial charge is 0.220 e. The van der Waals surface area contributed by atoms with E-state index < -0.39 is 0 Å². The lowest BCUT2D eigenvalue weighted by atomic mass is 10.2. The molecule has 3 nitrogen and oxygen atoms in total. The Hall–Kier alpha value is -0.870. The van der Waals surface area contributed by atoms with Gasteiger partial charge in [0.2, 0.25) is 5.91 Å². The Labute approximate surface area is 94.7 Å². The van der Waals surface area contributed by atoms with Gasteiger partial charge in [0.25, 0.3) is 0 Å². The fraction of sp³-hybridized carbons (Fsp3) is 0.545. The summed E-state index contributed by atoms with van der Waals surface area (Å²) in [5.41, 5.74) is 5.57. The normalized spacial score (nSPS) is 12.4. The molecule has 1 aromatic rings. The summed E-state index contributed by atoms with van der Waals surface area (Å²) in [6.07, 6.45) is 2.20. The number of hydrogen-bond acceptors (Lipinski definition) is 3. The SMILES string of the molecule is CC(N)CCC(=O)NCCc1cccs1. The quantitative estimate of drug-likeness (QED) is 0.773. The number of thiophene rings is 1. The van der Waals surface area contributed by atoms with Gasteiger partial charge in [-0.2, -0.15) is 0 Å². The van der Waals surface area contributed by atoms with Gasteiger partial charge in [0, 0.05) is 23.9 Å². The predicted octanol–water partition coefficient (Wildman–Crippen LogP) is 1.53. The molecule has 0 aromatic carbocycles. The molecule has 0 saturated carbocycles. The van der Waals surface area contributed by atoms with Gasteiger partial charge in [-0.15, -0.1) is 11.3 Å². The van der Waals surface area contributed by atoms with E-state index in [1.54, 1.807) is 11.3 Å². The zero-order valence-electron chi connectivity index (χ0n) is 9.03. The zero-order chi connectivity index (χ0) is 11.1. The first-order valence-electron chi connectivity index (χ1n) is 5.23. The Morgan fingerprint density at radius 1 is 1.67 bits per heavy atom. The average Bonchev–Trinajstić information content (AvgIpc) is 2.67. The maximum atomic E-state index is 11.3. The highest BCUT2D eigenvalue weighted by atomic mass is 32.1. The molecule has 0 aliphatic carbocycles. The van der Waals surface area contributed by atoms with Crippen molar-refractivity contribution in [2.45, 2.75) is 32.2 Å². The minimum atomic E-state index is 0.101. The van der Waals surface area contributed by atoms with Crippen LogP contribution in [0.5, 0.6) is 0 Å². The second-order valence-corrected chi connectivity index (χ2v) is 4.73. The summed E-state index contributed by atoms with van der Waals surface area (Å²) in [5, 5.41) is 4.94. The minimum Gasteiger partial charge on any atom is -0.356 e. The molecule has 0 spiro atoms. The third-order valence-corrected chi connectivity index (χ3v) is 3.04. The average molecular weight is 226 g/mol. The largest absolute Gasteiger partial charge is 0.356 e. The fourth-order valence-electron chi connectivity index (χ4n) is 1.23. The van der Waals surface area contributed by atoms with Crippen LogP contribution in [0, 0.1) is 0 Å². The lowest BCUT2D eigenvalue weighted by Crippen LogP contribution is -2.27. The van der Waals surface area contributed by atoms with Crippen molar-refractivity contribution in [3.05, 3.63) is 22.4 Å². The molecule has 0 saturated heterocycles. The van der Waals surface area contributed by atoms with Crippen LogP contribution < -0.4 is 11.1 Å². The van der Waals surface area contributed by atoms with Crippen LogP contribution in [-0.4, -0.2) is 18.5 Å². The number of nitrogens with one attached hydrogen (secondary N) is 1. The van der Waals surface area contributed by atoms with Gasteiger partial charge in [0.1, 0.15) is 0 Å². The lowest BCUT2D eigenvalue weighted by Gasteiger charge is -2.05. The van der Waals surface area contributed by atoms with Crippen molar-refractivity contribution >= 4 is 17.2 Å². The van der Waals surface area contributed by atoms with Crippen molar-refractivity contribution < 1.29 is 4.79 Å². The molecule has 0 bridgehead atoms. The number of hydrogen-bond donors (Lipinski definition) is 2.